The van der Waals surface area contributed by atoms with E-state index in [-0.39, 0.29) is 0 Å². The highest BCUT2D eigenvalue weighted by Crippen LogP contribution is 2.28. The molecule has 0 N–H and O–H groups in total. The van der Waals surface area contributed by atoms with E-state index in [1.54, 1.807) is 0 Å². The number of alkyl halides is 1. The van der Waals surface area contributed by atoms with E-state index in [0.29, 0.717) is 3.92 Å². The number of halogens is 2. The van der Waals surface area contributed by atoms with Crippen LogP contribution >= 0.6 is 45.2 Å². The van der Waals surface area contributed by atoms with E-state index < -0.39 is 0 Å². The van der Waals surface area contributed by atoms with Gasteiger partial charge in [-0.3, -0.25) is 0 Å². The summed E-state index contributed by atoms with van der Waals surface area (Å²) in [6, 6.07) is 19.3. The average Bonchev–Trinajstić information content (AvgIpc) is 2.33. The molecule has 0 aromatic heterocycles. The van der Waals surface area contributed by atoms with Crippen LogP contribution in [0.2, 0.25) is 0 Å². The first kappa shape index (κ1) is 12.4. The zero-order chi connectivity index (χ0) is 11.4. The fourth-order valence-electron chi connectivity index (χ4n) is 1.64. The predicted octanol–water partition coefficient (Wildman–Crippen LogP) is 5.01. The number of rotatable bonds is 3. The van der Waals surface area contributed by atoms with Gasteiger partial charge >= 0.3 is 0 Å². The van der Waals surface area contributed by atoms with Gasteiger partial charge in [-0.25, -0.2) is 0 Å². The Morgan fingerprint density at radius 3 is 2.19 bits per heavy atom. The zero-order valence-corrected chi connectivity index (χ0v) is 13.1. The second kappa shape index (κ2) is 6.00. The van der Waals surface area contributed by atoms with E-state index in [4.69, 9.17) is 0 Å². The van der Waals surface area contributed by atoms with Crippen molar-refractivity contribution in [2.45, 2.75) is 10.3 Å². The van der Waals surface area contributed by atoms with Crippen molar-refractivity contribution in [2.24, 2.45) is 0 Å². The molecular weight excluding hydrogens is 422 g/mol. The van der Waals surface area contributed by atoms with Gasteiger partial charge in [-0.1, -0.05) is 71.1 Å². The molecule has 0 fully saturated rings. The molecule has 2 aromatic rings. The van der Waals surface area contributed by atoms with Crippen LogP contribution in [0.25, 0.3) is 0 Å². The summed E-state index contributed by atoms with van der Waals surface area (Å²) in [5.41, 5.74) is 2.84. The highest BCUT2D eigenvalue weighted by atomic mass is 127. The van der Waals surface area contributed by atoms with Crippen LogP contribution in [0.1, 0.15) is 15.1 Å². The predicted molar refractivity (Wildman–Crippen MR) is 86.1 cm³/mol. The van der Waals surface area contributed by atoms with Crippen molar-refractivity contribution in [3.8, 4) is 0 Å². The third-order valence-electron chi connectivity index (χ3n) is 2.52. The van der Waals surface area contributed by atoms with Crippen LogP contribution in [0, 0.1) is 3.57 Å². The van der Waals surface area contributed by atoms with Gasteiger partial charge in [-0.15, -0.1) is 0 Å². The molecule has 1 atom stereocenters. The van der Waals surface area contributed by atoms with E-state index in [9.17, 15) is 0 Å². The Morgan fingerprint density at radius 2 is 1.50 bits per heavy atom. The van der Waals surface area contributed by atoms with Gasteiger partial charge in [-0.05, 0) is 46.2 Å². The molecular formula is C14H12I2. The highest BCUT2D eigenvalue weighted by molar-refractivity contribution is 14.1. The first-order chi connectivity index (χ1) is 7.77. The Hall–Kier alpha value is -0.100. The lowest BCUT2D eigenvalue weighted by Crippen LogP contribution is -1.96. The molecule has 0 aliphatic heterocycles. The van der Waals surface area contributed by atoms with Crippen LogP contribution in [0.5, 0.6) is 0 Å². The van der Waals surface area contributed by atoms with Crippen LogP contribution in [0.4, 0.5) is 0 Å². The van der Waals surface area contributed by atoms with E-state index >= 15 is 0 Å². The Bertz CT molecular complexity index is 451. The van der Waals surface area contributed by atoms with Crippen molar-refractivity contribution in [2.75, 3.05) is 0 Å². The molecule has 0 aliphatic rings. The molecule has 0 heterocycles. The fraction of sp³-hybridized carbons (Fsp3) is 0.143. The summed E-state index contributed by atoms with van der Waals surface area (Å²) in [4.78, 5) is 0. The zero-order valence-electron chi connectivity index (χ0n) is 8.74. The Balaban J connectivity index is 2.14. The topological polar surface area (TPSA) is 0 Å². The van der Waals surface area contributed by atoms with Gasteiger partial charge in [-0.2, -0.15) is 0 Å². The minimum atomic E-state index is 0.551. The molecule has 0 bridgehead atoms. The molecule has 2 heteroatoms. The van der Waals surface area contributed by atoms with Crippen molar-refractivity contribution in [1.29, 1.82) is 0 Å². The molecule has 0 amide bonds. The minimum Gasteiger partial charge on any atom is -0.0771 e. The second-order valence-electron chi connectivity index (χ2n) is 3.67. The van der Waals surface area contributed by atoms with E-state index in [0.717, 1.165) is 6.42 Å². The first-order valence-electron chi connectivity index (χ1n) is 5.20. The summed E-state index contributed by atoms with van der Waals surface area (Å²) in [6.45, 7) is 0. The highest BCUT2D eigenvalue weighted by Gasteiger charge is 2.09. The van der Waals surface area contributed by atoms with Gasteiger partial charge in [0.1, 0.15) is 0 Å². The van der Waals surface area contributed by atoms with Gasteiger partial charge < -0.3 is 0 Å². The quantitative estimate of drug-likeness (QED) is 0.471. The van der Waals surface area contributed by atoms with Crippen molar-refractivity contribution in [3.05, 3.63) is 69.3 Å². The lowest BCUT2D eigenvalue weighted by atomic mass is 10.0. The minimum absolute atomic E-state index is 0.551. The molecule has 2 rings (SSSR count). The summed E-state index contributed by atoms with van der Waals surface area (Å²) >= 11 is 4.93. The maximum Gasteiger partial charge on any atom is 0.0400 e. The summed E-state index contributed by atoms with van der Waals surface area (Å²) in [5, 5.41) is 0. The maximum atomic E-state index is 2.52. The van der Waals surface area contributed by atoms with Gasteiger partial charge in [0.05, 0.1) is 0 Å². The molecule has 16 heavy (non-hydrogen) atoms. The molecule has 82 valence electrons. The normalized spacial score (nSPS) is 12.4. The molecule has 0 saturated heterocycles. The van der Waals surface area contributed by atoms with Crippen LogP contribution in [-0.2, 0) is 6.42 Å². The van der Waals surface area contributed by atoms with Crippen molar-refractivity contribution in [1.82, 2.24) is 0 Å². The summed E-state index contributed by atoms with van der Waals surface area (Å²) < 4.78 is 1.91. The lowest BCUT2D eigenvalue weighted by molar-refractivity contribution is 0.960. The second-order valence-corrected chi connectivity index (χ2v) is 6.34. The maximum absolute atomic E-state index is 2.52. The van der Waals surface area contributed by atoms with Gasteiger partial charge in [0.2, 0.25) is 0 Å². The van der Waals surface area contributed by atoms with Crippen LogP contribution < -0.4 is 0 Å². The van der Waals surface area contributed by atoms with Crippen molar-refractivity contribution in [3.63, 3.8) is 0 Å². The average molecular weight is 434 g/mol. The standard InChI is InChI=1S/C14H12I2/c15-13-9-5-4-8-12(13)10-14(16)11-6-2-1-3-7-11/h1-9,14H,10H2. The molecule has 0 nitrogen and oxygen atoms in total. The Labute approximate surface area is 124 Å². The number of hydrogen-bond donors (Lipinski definition) is 0. The monoisotopic (exact) mass is 434 g/mol. The molecule has 0 saturated carbocycles. The summed E-state index contributed by atoms with van der Waals surface area (Å²) in [6.07, 6.45) is 1.10. The molecule has 2 aromatic carbocycles. The van der Waals surface area contributed by atoms with E-state index in [1.807, 2.05) is 0 Å². The summed E-state index contributed by atoms with van der Waals surface area (Å²) in [5.74, 6) is 0. The van der Waals surface area contributed by atoms with Crippen LogP contribution in [0.15, 0.2) is 54.6 Å². The SMILES string of the molecule is Ic1ccccc1CC(I)c1ccccc1. The van der Waals surface area contributed by atoms with Crippen molar-refractivity contribution >= 4 is 45.2 Å². The largest absolute Gasteiger partial charge is 0.0771 e. The summed E-state index contributed by atoms with van der Waals surface area (Å²) in [7, 11) is 0. The fourth-order valence-corrected chi connectivity index (χ4v) is 3.13. The molecule has 1 unspecified atom stereocenters. The van der Waals surface area contributed by atoms with E-state index in [2.05, 4.69) is 99.8 Å². The lowest BCUT2D eigenvalue weighted by Gasteiger charge is -2.11. The molecule has 0 aliphatic carbocycles. The Morgan fingerprint density at radius 1 is 0.875 bits per heavy atom. The van der Waals surface area contributed by atoms with Crippen LogP contribution in [-0.4, -0.2) is 0 Å². The molecule has 0 spiro atoms. The first-order valence-corrected chi connectivity index (χ1v) is 7.52. The molecule has 0 radical (unpaired) electrons. The van der Waals surface area contributed by atoms with Crippen molar-refractivity contribution < 1.29 is 0 Å². The van der Waals surface area contributed by atoms with Crippen LogP contribution in [0.3, 0.4) is 0 Å². The Kier molecular flexibility index (Phi) is 4.64. The third kappa shape index (κ3) is 3.20. The van der Waals surface area contributed by atoms with E-state index in [1.165, 1.54) is 14.7 Å². The number of benzene rings is 2. The van der Waals surface area contributed by atoms with Gasteiger partial charge in [0.25, 0.3) is 0 Å². The van der Waals surface area contributed by atoms with Gasteiger partial charge in [0, 0.05) is 7.49 Å². The number of hydrogen-bond acceptors (Lipinski definition) is 0. The smallest absolute Gasteiger partial charge is 0.0400 e. The van der Waals surface area contributed by atoms with Gasteiger partial charge in [0.15, 0.2) is 0 Å². The third-order valence-corrected chi connectivity index (χ3v) is 4.73.